The highest BCUT2D eigenvalue weighted by Gasteiger charge is 2.39. The summed E-state index contributed by atoms with van der Waals surface area (Å²) in [5.41, 5.74) is -1.36. The molecule has 0 saturated carbocycles. The number of ether oxygens (including phenoxy) is 5. The molecule has 0 bridgehead atoms. The van der Waals surface area contributed by atoms with E-state index in [0.717, 1.165) is 0 Å². The first-order chi connectivity index (χ1) is 10.2. The Morgan fingerprint density at radius 3 is 2.09 bits per heavy atom. The first-order valence-electron chi connectivity index (χ1n) is 6.50. The smallest absolute Gasteiger partial charge is 0.465 e. The van der Waals surface area contributed by atoms with Gasteiger partial charge in [-0.05, 0) is 6.92 Å². The van der Waals surface area contributed by atoms with E-state index in [1.807, 2.05) is 0 Å². The van der Waals surface area contributed by atoms with Crippen molar-refractivity contribution >= 4 is 24.1 Å². The molecule has 0 radical (unpaired) electrons. The zero-order chi connectivity index (χ0) is 16.8. The van der Waals surface area contributed by atoms with Crippen molar-refractivity contribution in [2.45, 2.75) is 26.9 Å². The first-order valence-corrected chi connectivity index (χ1v) is 6.50. The molecule has 1 heterocycles. The zero-order valence-electron chi connectivity index (χ0n) is 12.6. The highest BCUT2D eigenvalue weighted by molar-refractivity contribution is 5.78. The quantitative estimate of drug-likeness (QED) is 0.479. The number of cyclic esters (lactones) is 2. The minimum atomic E-state index is -1.36. The molecule has 124 valence electrons. The largest absolute Gasteiger partial charge is 0.508 e. The maximum absolute atomic E-state index is 12.1. The fourth-order valence-electron chi connectivity index (χ4n) is 1.47. The summed E-state index contributed by atoms with van der Waals surface area (Å²) in [4.78, 5) is 44.7. The third-order valence-corrected chi connectivity index (χ3v) is 2.73. The Morgan fingerprint density at radius 2 is 1.68 bits per heavy atom. The predicted molar refractivity (Wildman–Crippen MR) is 68.6 cm³/mol. The van der Waals surface area contributed by atoms with E-state index in [9.17, 15) is 19.2 Å². The average Bonchev–Trinajstić information content (AvgIpc) is 2.86. The van der Waals surface area contributed by atoms with E-state index in [2.05, 4.69) is 4.74 Å². The van der Waals surface area contributed by atoms with Crippen molar-refractivity contribution in [3.05, 3.63) is 0 Å². The van der Waals surface area contributed by atoms with Crippen LogP contribution in [0, 0.1) is 5.41 Å². The van der Waals surface area contributed by atoms with Gasteiger partial charge in [0, 0.05) is 13.8 Å². The van der Waals surface area contributed by atoms with Crippen molar-refractivity contribution in [3.8, 4) is 0 Å². The van der Waals surface area contributed by atoms with Crippen LogP contribution in [0.2, 0.25) is 0 Å². The summed E-state index contributed by atoms with van der Waals surface area (Å²) in [6.45, 7) is 2.96. The van der Waals surface area contributed by atoms with E-state index in [0.29, 0.717) is 0 Å². The van der Waals surface area contributed by atoms with E-state index in [1.54, 1.807) is 0 Å². The van der Waals surface area contributed by atoms with Gasteiger partial charge in [0.25, 0.3) is 0 Å². The third-order valence-electron chi connectivity index (χ3n) is 2.73. The van der Waals surface area contributed by atoms with Crippen LogP contribution < -0.4 is 0 Å². The molecule has 1 unspecified atom stereocenters. The Balaban J connectivity index is 2.58. The molecule has 9 heteroatoms. The molecule has 0 spiro atoms. The van der Waals surface area contributed by atoms with Gasteiger partial charge in [0.1, 0.15) is 31.8 Å². The molecule has 0 aromatic carbocycles. The molecule has 0 aromatic rings. The molecule has 0 amide bonds. The second-order valence-corrected chi connectivity index (χ2v) is 5.02. The molecule has 1 aliphatic heterocycles. The SMILES string of the molecule is CC(=O)OCC(C)(COC(C)=O)C(=O)OCC1COC(=O)O1. The summed E-state index contributed by atoms with van der Waals surface area (Å²) < 4.78 is 23.9. The van der Waals surface area contributed by atoms with E-state index < -0.39 is 35.6 Å². The maximum Gasteiger partial charge on any atom is 0.508 e. The minimum Gasteiger partial charge on any atom is -0.465 e. The first kappa shape index (κ1) is 17.7. The van der Waals surface area contributed by atoms with Gasteiger partial charge in [0.2, 0.25) is 0 Å². The second-order valence-electron chi connectivity index (χ2n) is 5.02. The van der Waals surface area contributed by atoms with E-state index in [1.165, 1.54) is 20.8 Å². The van der Waals surface area contributed by atoms with Gasteiger partial charge in [-0.15, -0.1) is 0 Å². The summed E-state index contributed by atoms with van der Waals surface area (Å²) in [5.74, 6) is -1.92. The monoisotopic (exact) mass is 318 g/mol. The van der Waals surface area contributed by atoms with Crippen LogP contribution in [0.1, 0.15) is 20.8 Å². The van der Waals surface area contributed by atoms with Gasteiger partial charge >= 0.3 is 24.1 Å². The van der Waals surface area contributed by atoms with Gasteiger partial charge in [0.05, 0.1) is 0 Å². The molecule has 1 rings (SSSR count). The lowest BCUT2D eigenvalue weighted by Gasteiger charge is -2.26. The molecule has 1 saturated heterocycles. The zero-order valence-corrected chi connectivity index (χ0v) is 12.6. The Labute approximate surface area is 126 Å². The second kappa shape index (κ2) is 7.62. The van der Waals surface area contributed by atoms with Crippen molar-refractivity contribution in [2.75, 3.05) is 26.4 Å². The Kier molecular flexibility index (Phi) is 6.14. The minimum absolute atomic E-state index is 0.0171. The summed E-state index contributed by atoms with van der Waals surface area (Å²) >= 11 is 0. The van der Waals surface area contributed by atoms with Gasteiger partial charge in [-0.2, -0.15) is 0 Å². The molecular formula is C13H18O9. The number of esters is 3. The molecule has 0 aliphatic carbocycles. The van der Waals surface area contributed by atoms with Crippen LogP contribution in [0.3, 0.4) is 0 Å². The molecule has 0 aromatic heterocycles. The normalized spacial score (nSPS) is 17.2. The standard InChI is InChI=1S/C13H18O9/c1-8(14)20-6-13(3,7-21-9(2)15)11(16)18-4-10-5-19-12(17)22-10/h10H,4-7H2,1-3H3. The van der Waals surface area contributed by atoms with Gasteiger partial charge < -0.3 is 23.7 Å². The highest BCUT2D eigenvalue weighted by Crippen LogP contribution is 2.21. The fraction of sp³-hybridized carbons (Fsp3) is 0.692. The number of hydrogen-bond acceptors (Lipinski definition) is 9. The van der Waals surface area contributed by atoms with Crippen molar-refractivity contribution in [1.29, 1.82) is 0 Å². The van der Waals surface area contributed by atoms with Crippen LogP contribution in [0.15, 0.2) is 0 Å². The molecule has 1 atom stereocenters. The van der Waals surface area contributed by atoms with E-state index in [4.69, 9.17) is 18.9 Å². The molecular weight excluding hydrogens is 300 g/mol. The maximum atomic E-state index is 12.1. The summed E-state index contributed by atoms with van der Waals surface area (Å²) in [6, 6.07) is 0. The van der Waals surface area contributed by atoms with Crippen LogP contribution in [-0.2, 0) is 38.1 Å². The van der Waals surface area contributed by atoms with E-state index >= 15 is 0 Å². The van der Waals surface area contributed by atoms with Gasteiger partial charge in [-0.25, -0.2) is 4.79 Å². The van der Waals surface area contributed by atoms with Crippen LogP contribution in [0.4, 0.5) is 4.79 Å². The summed E-state index contributed by atoms with van der Waals surface area (Å²) in [5, 5.41) is 0. The van der Waals surface area contributed by atoms with Crippen molar-refractivity contribution in [3.63, 3.8) is 0 Å². The topological polar surface area (TPSA) is 114 Å². The third kappa shape index (κ3) is 5.58. The van der Waals surface area contributed by atoms with Gasteiger partial charge in [-0.1, -0.05) is 0 Å². The number of carbonyl (C=O) groups excluding carboxylic acids is 4. The van der Waals surface area contributed by atoms with Crippen molar-refractivity contribution in [1.82, 2.24) is 0 Å². The Hall–Kier alpha value is -2.32. The van der Waals surface area contributed by atoms with Crippen LogP contribution in [0.25, 0.3) is 0 Å². The van der Waals surface area contributed by atoms with Crippen LogP contribution in [0.5, 0.6) is 0 Å². The average molecular weight is 318 g/mol. The van der Waals surface area contributed by atoms with Crippen LogP contribution in [-0.4, -0.2) is 56.6 Å². The lowest BCUT2D eigenvalue weighted by molar-refractivity contribution is -0.170. The lowest BCUT2D eigenvalue weighted by Crippen LogP contribution is -2.41. The molecule has 22 heavy (non-hydrogen) atoms. The van der Waals surface area contributed by atoms with Gasteiger partial charge in [0.15, 0.2) is 6.10 Å². The Morgan fingerprint density at radius 1 is 1.14 bits per heavy atom. The highest BCUT2D eigenvalue weighted by atomic mass is 16.8. The molecule has 1 fully saturated rings. The lowest BCUT2D eigenvalue weighted by atomic mass is 9.93. The molecule has 0 N–H and O–H groups in total. The summed E-state index contributed by atoms with van der Waals surface area (Å²) in [7, 11) is 0. The number of carbonyl (C=O) groups is 4. The molecule has 9 nitrogen and oxygen atoms in total. The number of hydrogen-bond donors (Lipinski definition) is 0. The van der Waals surface area contributed by atoms with Gasteiger partial charge in [-0.3, -0.25) is 14.4 Å². The molecule has 1 aliphatic rings. The Bertz CT molecular complexity index is 438. The van der Waals surface area contributed by atoms with Crippen molar-refractivity contribution in [2.24, 2.45) is 5.41 Å². The van der Waals surface area contributed by atoms with Crippen molar-refractivity contribution < 1.29 is 42.9 Å². The number of rotatable bonds is 7. The van der Waals surface area contributed by atoms with E-state index in [-0.39, 0.29) is 26.4 Å². The predicted octanol–water partition coefficient (Wildman–Crippen LogP) is 0.198. The fourth-order valence-corrected chi connectivity index (χ4v) is 1.47. The van der Waals surface area contributed by atoms with Crippen LogP contribution >= 0.6 is 0 Å². The summed E-state index contributed by atoms with van der Waals surface area (Å²) in [6.07, 6.45) is -1.52.